The molecule has 7 nitrogen and oxygen atoms in total. The van der Waals surface area contributed by atoms with Crippen LogP contribution in [0.1, 0.15) is 37.9 Å². The normalized spacial score (nSPS) is 12.2. The van der Waals surface area contributed by atoms with Gasteiger partial charge in [-0.05, 0) is 54.3 Å². The Hall–Kier alpha value is -3.61. The third-order valence-corrected chi connectivity index (χ3v) is 4.62. The molecule has 1 heterocycles. The quantitative estimate of drug-likeness (QED) is 0.525. The van der Waals surface area contributed by atoms with Crippen LogP contribution in [0.3, 0.4) is 0 Å². The van der Waals surface area contributed by atoms with Gasteiger partial charge in [0.2, 0.25) is 5.91 Å². The van der Waals surface area contributed by atoms with Crippen molar-refractivity contribution < 1.29 is 14.3 Å². The van der Waals surface area contributed by atoms with E-state index >= 15 is 0 Å². The van der Waals surface area contributed by atoms with Crippen molar-refractivity contribution in [3.63, 3.8) is 0 Å². The molecule has 2 aromatic carbocycles. The molecule has 0 aliphatic rings. The Labute approximate surface area is 182 Å². The lowest BCUT2D eigenvalue weighted by Gasteiger charge is -2.14. The topological polar surface area (TPSA) is 78.3 Å². The van der Waals surface area contributed by atoms with E-state index in [4.69, 9.17) is 9.47 Å². The van der Waals surface area contributed by atoms with Gasteiger partial charge in [-0.2, -0.15) is 5.10 Å². The average Bonchev–Trinajstić information content (AvgIpc) is 3.31. The van der Waals surface area contributed by atoms with Gasteiger partial charge in [0, 0.05) is 6.08 Å². The number of aromatic nitrogens is 3. The Kier molecular flexibility index (Phi) is 7.43. The van der Waals surface area contributed by atoms with Crippen LogP contribution in [0.2, 0.25) is 0 Å². The first-order valence-corrected chi connectivity index (χ1v) is 10.2. The first-order chi connectivity index (χ1) is 15.0. The fraction of sp³-hybridized carbons (Fsp3) is 0.292. The Morgan fingerprint density at radius 1 is 1.13 bits per heavy atom. The molecule has 3 aromatic rings. The minimum Gasteiger partial charge on any atom is -0.493 e. The second-order valence-corrected chi connectivity index (χ2v) is 7.61. The van der Waals surface area contributed by atoms with Gasteiger partial charge in [-0.1, -0.05) is 32.0 Å². The number of benzene rings is 2. The molecule has 7 heteroatoms. The third-order valence-electron chi connectivity index (χ3n) is 4.62. The summed E-state index contributed by atoms with van der Waals surface area (Å²) in [6.45, 7) is 6.74. The number of nitrogens with zero attached hydrogens (tertiary/aromatic N) is 3. The zero-order valence-electron chi connectivity index (χ0n) is 18.3. The Morgan fingerprint density at radius 3 is 2.55 bits per heavy atom. The number of amides is 1. The summed E-state index contributed by atoms with van der Waals surface area (Å²) in [5.41, 5.74) is 2.77. The van der Waals surface area contributed by atoms with Crippen molar-refractivity contribution >= 4 is 12.0 Å². The van der Waals surface area contributed by atoms with Crippen LogP contribution in [0, 0.1) is 5.92 Å². The van der Waals surface area contributed by atoms with E-state index < -0.39 is 0 Å². The summed E-state index contributed by atoms with van der Waals surface area (Å²) in [6.07, 6.45) is 6.40. The maximum Gasteiger partial charge on any atom is 0.244 e. The van der Waals surface area contributed by atoms with E-state index in [1.165, 1.54) is 12.4 Å². The number of hydrogen-bond acceptors (Lipinski definition) is 5. The van der Waals surface area contributed by atoms with Gasteiger partial charge in [0.15, 0.2) is 11.5 Å². The van der Waals surface area contributed by atoms with E-state index in [1.54, 1.807) is 24.2 Å². The number of ether oxygens (including phenoxy) is 2. The smallest absolute Gasteiger partial charge is 0.244 e. The van der Waals surface area contributed by atoms with Gasteiger partial charge in [0.25, 0.3) is 0 Å². The summed E-state index contributed by atoms with van der Waals surface area (Å²) in [7, 11) is 1.60. The van der Waals surface area contributed by atoms with E-state index in [9.17, 15) is 4.79 Å². The molecular weight excluding hydrogens is 392 g/mol. The van der Waals surface area contributed by atoms with Crippen molar-refractivity contribution in [1.29, 1.82) is 0 Å². The highest BCUT2D eigenvalue weighted by atomic mass is 16.5. The Morgan fingerprint density at radius 2 is 1.90 bits per heavy atom. The molecule has 1 unspecified atom stereocenters. The molecule has 1 amide bonds. The molecular formula is C24H28N4O3. The van der Waals surface area contributed by atoms with Crippen molar-refractivity contribution in [3.05, 3.63) is 72.3 Å². The van der Waals surface area contributed by atoms with Gasteiger partial charge in [-0.3, -0.25) is 4.79 Å². The molecule has 0 saturated carbocycles. The van der Waals surface area contributed by atoms with Crippen molar-refractivity contribution in [3.8, 4) is 17.2 Å². The zero-order chi connectivity index (χ0) is 22.2. The second kappa shape index (κ2) is 10.4. The predicted octanol–water partition coefficient (Wildman–Crippen LogP) is 4.20. The maximum atomic E-state index is 12.4. The molecule has 0 fully saturated rings. The van der Waals surface area contributed by atoms with Crippen LogP contribution in [-0.2, 0) is 4.79 Å². The summed E-state index contributed by atoms with van der Waals surface area (Å²) in [5.74, 6) is 1.59. The first kappa shape index (κ1) is 22.1. The fourth-order valence-electron chi connectivity index (χ4n) is 2.94. The molecule has 1 N–H and O–H groups in total. The lowest BCUT2D eigenvalue weighted by Crippen LogP contribution is -2.24. The molecule has 0 radical (unpaired) electrons. The number of rotatable bonds is 9. The molecule has 0 aliphatic carbocycles. The molecule has 0 aliphatic heterocycles. The van der Waals surface area contributed by atoms with Gasteiger partial charge in [0.05, 0.1) is 25.4 Å². The minimum atomic E-state index is -0.174. The van der Waals surface area contributed by atoms with Crippen molar-refractivity contribution in [1.82, 2.24) is 20.1 Å². The van der Waals surface area contributed by atoms with E-state index in [0.29, 0.717) is 24.0 Å². The highest BCUT2D eigenvalue weighted by Crippen LogP contribution is 2.29. The molecule has 3 rings (SSSR count). The van der Waals surface area contributed by atoms with Crippen LogP contribution in [0.25, 0.3) is 11.8 Å². The first-order valence-electron chi connectivity index (χ1n) is 10.2. The van der Waals surface area contributed by atoms with Crippen LogP contribution < -0.4 is 14.8 Å². The molecule has 0 saturated heterocycles. The van der Waals surface area contributed by atoms with Gasteiger partial charge in [-0.15, -0.1) is 0 Å². The lowest BCUT2D eigenvalue weighted by atomic mass is 10.1. The van der Waals surface area contributed by atoms with E-state index in [0.717, 1.165) is 16.8 Å². The third kappa shape index (κ3) is 6.18. The van der Waals surface area contributed by atoms with Gasteiger partial charge in [0.1, 0.15) is 12.7 Å². The van der Waals surface area contributed by atoms with E-state index in [-0.39, 0.29) is 11.9 Å². The van der Waals surface area contributed by atoms with Crippen molar-refractivity contribution in [2.75, 3.05) is 13.7 Å². The number of methoxy groups -OCH3 is 1. The minimum absolute atomic E-state index is 0.136. The highest BCUT2D eigenvalue weighted by molar-refractivity contribution is 5.92. The second-order valence-electron chi connectivity index (χ2n) is 7.61. The van der Waals surface area contributed by atoms with E-state index in [2.05, 4.69) is 29.2 Å². The summed E-state index contributed by atoms with van der Waals surface area (Å²) in [5, 5.41) is 7.08. The summed E-state index contributed by atoms with van der Waals surface area (Å²) in [6, 6.07) is 13.3. The molecule has 0 bridgehead atoms. The Bertz CT molecular complexity index is 1010. The SMILES string of the molecule is COc1cc(/C=C/C(=O)NC(C)c2ccc(-n3cncn3)cc2)ccc1OCC(C)C. The molecule has 31 heavy (non-hydrogen) atoms. The average molecular weight is 421 g/mol. The lowest BCUT2D eigenvalue weighted by molar-refractivity contribution is -0.117. The zero-order valence-corrected chi connectivity index (χ0v) is 18.3. The van der Waals surface area contributed by atoms with Gasteiger partial charge < -0.3 is 14.8 Å². The number of hydrogen-bond donors (Lipinski definition) is 1. The standard InChI is InChI=1S/C24H28N4O3/c1-17(2)14-31-22-11-5-19(13-23(22)30-4)6-12-24(29)27-18(3)20-7-9-21(10-8-20)28-16-25-15-26-28/h5-13,15-18H,14H2,1-4H3,(H,27,29)/b12-6+. The molecule has 1 aromatic heterocycles. The molecule has 0 spiro atoms. The van der Waals surface area contributed by atoms with Crippen molar-refractivity contribution in [2.24, 2.45) is 5.92 Å². The largest absolute Gasteiger partial charge is 0.493 e. The summed E-state index contributed by atoms with van der Waals surface area (Å²) >= 11 is 0. The predicted molar refractivity (Wildman–Crippen MR) is 120 cm³/mol. The number of carbonyl (C=O) groups excluding carboxylic acids is 1. The van der Waals surface area contributed by atoms with Gasteiger partial charge in [-0.25, -0.2) is 9.67 Å². The Balaban J connectivity index is 1.59. The maximum absolute atomic E-state index is 12.4. The van der Waals surface area contributed by atoms with Crippen LogP contribution >= 0.6 is 0 Å². The monoisotopic (exact) mass is 420 g/mol. The fourth-order valence-corrected chi connectivity index (χ4v) is 2.94. The highest BCUT2D eigenvalue weighted by Gasteiger charge is 2.09. The summed E-state index contributed by atoms with van der Waals surface area (Å²) < 4.78 is 12.9. The van der Waals surface area contributed by atoms with Crippen LogP contribution in [0.5, 0.6) is 11.5 Å². The summed E-state index contributed by atoms with van der Waals surface area (Å²) in [4.78, 5) is 16.3. The van der Waals surface area contributed by atoms with Crippen molar-refractivity contribution in [2.45, 2.75) is 26.8 Å². The number of carbonyl (C=O) groups is 1. The van der Waals surface area contributed by atoms with Crippen LogP contribution in [0.4, 0.5) is 0 Å². The molecule has 1 atom stereocenters. The van der Waals surface area contributed by atoms with Crippen LogP contribution in [0.15, 0.2) is 61.2 Å². The van der Waals surface area contributed by atoms with Crippen LogP contribution in [-0.4, -0.2) is 34.4 Å². The van der Waals surface area contributed by atoms with E-state index in [1.807, 2.05) is 49.4 Å². The molecule has 162 valence electrons. The number of nitrogens with one attached hydrogen (secondary N) is 1. The van der Waals surface area contributed by atoms with Gasteiger partial charge >= 0.3 is 0 Å².